The van der Waals surface area contributed by atoms with Crippen molar-refractivity contribution in [2.75, 3.05) is 42.5 Å². The highest BCUT2D eigenvalue weighted by molar-refractivity contribution is 5.99. The van der Waals surface area contributed by atoms with Crippen molar-refractivity contribution in [3.05, 3.63) is 58.3 Å². The summed E-state index contributed by atoms with van der Waals surface area (Å²) in [6.07, 6.45) is 5.61. The largest absolute Gasteiger partial charge is 0.353 e. The van der Waals surface area contributed by atoms with Crippen LogP contribution in [0.3, 0.4) is 0 Å². The summed E-state index contributed by atoms with van der Waals surface area (Å²) in [4.78, 5) is 47.5. The molecule has 2 unspecified atom stereocenters. The van der Waals surface area contributed by atoms with Crippen molar-refractivity contribution in [1.29, 1.82) is 0 Å². The fourth-order valence-electron chi connectivity index (χ4n) is 5.55. The molecule has 1 aliphatic carbocycles. The summed E-state index contributed by atoms with van der Waals surface area (Å²) >= 11 is 0. The number of pyridine rings is 1. The zero-order valence-corrected chi connectivity index (χ0v) is 19.1. The first kappa shape index (κ1) is 22.3. The molecule has 5 rings (SSSR count). The van der Waals surface area contributed by atoms with E-state index in [4.69, 9.17) is 0 Å². The standard InChI is InChI=1S/C25H29N5O4/c31-24(28-15-13-27(14-16-28)23-10-9-19(17-26-23)30(33)34)20-6-2-3-7-21(20)25(32)29-12-11-18-5-1-4-8-22(18)29/h1,4-5,8-10,17,20-21H,2-3,6-7,11-16H2. The lowest BCUT2D eigenvalue weighted by atomic mass is 9.77. The Hall–Kier alpha value is -3.49. The molecular weight excluding hydrogens is 434 g/mol. The minimum absolute atomic E-state index is 0.0359. The van der Waals surface area contributed by atoms with Crippen LogP contribution in [-0.4, -0.2) is 59.3 Å². The Labute approximate surface area is 198 Å². The van der Waals surface area contributed by atoms with Gasteiger partial charge in [0.25, 0.3) is 5.69 Å². The number of aromatic nitrogens is 1. The molecule has 9 heteroatoms. The molecule has 2 amide bonds. The van der Waals surface area contributed by atoms with Crippen LogP contribution >= 0.6 is 0 Å². The van der Waals surface area contributed by atoms with E-state index in [2.05, 4.69) is 11.1 Å². The van der Waals surface area contributed by atoms with Crippen molar-refractivity contribution in [2.24, 2.45) is 11.8 Å². The molecule has 3 aliphatic rings. The van der Waals surface area contributed by atoms with E-state index in [1.54, 1.807) is 6.07 Å². The topological polar surface area (TPSA) is 99.9 Å². The highest BCUT2D eigenvalue weighted by atomic mass is 16.6. The quantitative estimate of drug-likeness (QED) is 0.510. The molecule has 1 aromatic heterocycles. The fourth-order valence-corrected chi connectivity index (χ4v) is 5.55. The molecule has 2 atom stereocenters. The van der Waals surface area contributed by atoms with E-state index < -0.39 is 4.92 Å². The number of rotatable bonds is 4. The van der Waals surface area contributed by atoms with Gasteiger partial charge < -0.3 is 14.7 Å². The van der Waals surface area contributed by atoms with E-state index >= 15 is 0 Å². The molecule has 3 heterocycles. The Balaban J connectivity index is 1.24. The van der Waals surface area contributed by atoms with Crippen LogP contribution in [0.2, 0.25) is 0 Å². The predicted molar refractivity (Wildman–Crippen MR) is 128 cm³/mol. The number of nitrogens with zero attached hydrogens (tertiary/aromatic N) is 5. The molecular formula is C25H29N5O4. The number of carbonyl (C=O) groups is 2. The van der Waals surface area contributed by atoms with Gasteiger partial charge in [-0.15, -0.1) is 0 Å². The first-order valence-corrected chi connectivity index (χ1v) is 12.1. The number of para-hydroxylation sites is 1. The average Bonchev–Trinajstić information content (AvgIpc) is 3.32. The summed E-state index contributed by atoms with van der Waals surface area (Å²) in [5.74, 6) is 0.328. The van der Waals surface area contributed by atoms with Crippen molar-refractivity contribution in [2.45, 2.75) is 32.1 Å². The Kier molecular flexibility index (Phi) is 6.17. The van der Waals surface area contributed by atoms with Crippen LogP contribution in [0.4, 0.5) is 17.2 Å². The minimum Gasteiger partial charge on any atom is -0.353 e. The van der Waals surface area contributed by atoms with Crippen molar-refractivity contribution < 1.29 is 14.5 Å². The molecule has 2 fully saturated rings. The monoisotopic (exact) mass is 463 g/mol. The molecule has 1 saturated carbocycles. The molecule has 0 spiro atoms. The van der Waals surface area contributed by atoms with Gasteiger partial charge in [-0.1, -0.05) is 31.0 Å². The second-order valence-electron chi connectivity index (χ2n) is 9.31. The number of hydrogen-bond donors (Lipinski definition) is 0. The number of amides is 2. The Bertz CT molecular complexity index is 1080. The third-order valence-electron chi connectivity index (χ3n) is 7.41. The Morgan fingerprint density at radius 2 is 1.62 bits per heavy atom. The maximum absolute atomic E-state index is 13.6. The molecule has 9 nitrogen and oxygen atoms in total. The molecule has 2 aliphatic heterocycles. The summed E-state index contributed by atoms with van der Waals surface area (Å²) in [6.45, 7) is 3.03. The number of benzene rings is 1. The van der Waals surface area contributed by atoms with Crippen molar-refractivity contribution in [3.8, 4) is 0 Å². The number of nitro groups is 1. The van der Waals surface area contributed by atoms with Crippen molar-refractivity contribution >= 4 is 29.0 Å². The number of piperazine rings is 1. The van der Waals surface area contributed by atoms with Gasteiger partial charge in [-0.2, -0.15) is 0 Å². The summed E-state index contributed by atoms with van der Waals surface area (Å²) in [6, 6.07) is 11.2. The van der Waals surface area contributed by atoms with Gasteiger partial charge in [0.1, 0.15) is 12.0 Å². The number of fused-ring (bicyclic) bond motifs is 1. The highest BCUT2D eigenvalue weighted by Gasteiger charge is 2.41. The van der Waals surface area contributed by atoms with Crippen LogP contribution in [0.5, 0.6) is 0 Å². The van der Waals surface area contributed by atoms with E-state index in [1.807, 2.05) is 32.9 Å². The normalized spacial score (nSPS) is 22.4. The summed E-state index contributed by atoms with van der Waals surface area (Å²) in [5.41, 5.74) is 2.16. The number of carbonyl (C=O) groups excluding carboxylic acids is 2. The molecule has 178 valence electrons. The molecule has 34 heavy (non-hydrogen) atoms. The first-order valence-electron chi connectivity index (χ1n) is 12.1. The highest BCUT2D eigenvalue weighted by Crippen LogP contribution is 2.37. The lowest BCUT2D eigenvalue weighted by Gasteiger charge is -2.40. The molecule has 0 bridgehead atoms. The summed E-state index contributed by atoms with van der Waals surface area (Å²) in [5, 5.41) is 10.9. The predicted octanol–water partition coefficient (Wildman–Crippen LogP) is 3.03. The van der Waals surface area contributed by atoms with Crippen LogP contribution in [0.25, 0.3) is 0 Å². The average molecular weight is 464 g/mol. The maximum atomic E-state index is 13.6. The third kappa shape index (κ3) is 4.22. The van der Waals surface area contributed by atoms with Gasteiger partial charge >= 0.3 is 0 Å². The first-order chi connectivity index (χ1) is 16.5. The van der Waals surface area contributed by atoms with E-state index in [-0.39, 0.29) is 29.3 Å². The van der Waals surface area contributed by atoms with Gasteiger partial charge in [0.2, 0.25) is 11.8 Å². The number of hydrogen-bond acceptors (Lipinski definition) is 6. The zero-order valence-electron chi connectivity index (χ0n) is 19.1. The van der Waals surface area contributed by atoms with Crippen LogP contribution < -0.4 is 9.80 Å². The van der Waals surface area contributed by atoms with Crippen LogP contribution in [0.1, 0.15) is 31.2 Å². The van der Waals surface area contributed by atoms with E-state index in [1.165, 1.54) is 17.8 Å². The molecule has 0 radical (unpaired) electrons. The van der Waals surface area contributed by atoms with Crippen LogP contribution in [-0.2, 0) is 16.0 Å². The van der Waals surface area contributed by atoms with E-state index in [0.29, 0.717) is 38.5 Å². The zero-order chi connectivity index (χ0) is 23.7. The number of anilines is 2. The Morgan fingerprint density at radius 3 is 2.29 bits per heavy atom. The molecule has 0 N–H and O–H groups in total. The van der Waals surface area contributed by atoms with Gasteiger partial charge in [0, 0.05) is 50.4 Å². The lowest BCUT2D eigenvalue weighted by molar-refractivity contribution is -0.385. The smallest absolute Gasteiger partial charge is 0.287 e. The maximum Gasteiger partial charge on any atom is 0.287 e. The minimum atomic E-state index is -0.462. The van der Waals surface area contributed by atoms with Gasteiger partial charge in [-0.25, -0.2) is 4.98 Å². The van der Waals surface area contributed by atoms with E-state index in [0.717, 1.165) is 37.8 Å². The van der Waals surface area contributed by atoms with Gasteiger partial charge in [0.15, 0.2) is 0 Å². The molecule has 2 aromatic rings. The summed E-state index contributed by atoms with van der Waals surface area (Å²) in [7, 11) is 0. The lowest BCUT2D eigenvalue weighted by Crippen LogP contribution is -2.53. The van der Waals surface area contributed by atoms with Crippen molar-refractivity contribution in [3.63, 3.8) is 0 Å². The van der Waals surface area contributed by atoms with Gasteiger partial charge in [0.05, 0.1) is 10.8 Å². The summed E-state index contributed by atoms with van der Waals surface area (Å²) < 4.78 is 0. The van der Waals surface area contributed by atoms with Gasteiger partial charge in [-0.3, -0.25) is 19.7 Å². The Morgan fingerprint density at radius 1 is 0.912 bits per heavy atom. The molecule has 1 aromatic carbocycles. The second kappa shape index (κ2) is 9.40. The fraction of sp³-hybridized carbons (Fsp3) is 0.480. The van der Waals surface area contributed by atoms with Crippen molar-refractivity contribution in [1.82, 2.24) is 9.88 Å². The van der Waals surface area contributed by atoms with Crippen LogP contribution in [0, 0.1) is 22.0 Å². The van der Waals surface area contributed by atoms with Gasteiger partial charge in [-0.05, 0) is 37.0 Å². The molecule has 1 saturated heterocycles. The second-order valence-corrected chi connectivity index (χ2v) is 9.31. The van der Waals surface area contributed by atoms with Crippen LogP contribution in [0.15, 0.2) is 42.6 Å². The van der Waals surface area contributed by atoms with E-state index in [9.17, 15) is 19.7 Å². The SMILES string of the molecule is O=C(C1CCCCC1C(=O)N1CCc2ccccc21)N1CCN(c2ccc([N+](=O)[O-])cn2)CC1. The third-order valence-corrected chi connectivity index (χ3v) is 7.41.